The van der Waals surface area contributed by atoms with Crippen LogP contribution in [0.4, 0.5) is 18.3 Å². The van der Waals surface area contributed by atoms with Gasteiger partial charge in [-0.05, 0) is 61.7 Å². The Balaban J connectivity index is 1.39. The van der Waals surface area contributed by atoms with Crippen molar-refractivity contribution in [3.63, 3.8) is 0 Å². The lowest BCUT2D eigenvalue weighted by molar-refractivity contribution is -0.145. The van der Waals surface area contributed by atoms with E-state index in [1.165, 1.54) is 23.5 Å². The number of hydrogen-bond acceptors (Lipinski definition) is 7. The molecule has 0 amide bonds. The fourth-order valence-corrected chi connectivity index (χ4v) is 5.20. The van der Waals surface area contributed by atoms with Crippen molar-refractivity contribution in [2.24, 2.45) is 0 Å². The first-order valence-electron chi connectivity index (χ1n) is 11.6. The summed E-state index contributed by atoms with van der Waals surface area (Å²) >= 11 is 1.31. The summed E-state index contributed by atoms with van der Waals surface area (Å²) in [6.07, 6.45) is -3.44. The van der Waals surface area contributed by atoms with Gasteiger partial charge in [0, 0.05) is 32.7 Å². The molecule has 4 rings (SSSR count). The van der Waals surface area contributed by atoms with E-state index < -0.39 is 17.7 Å². The minimum absolute atomic E-state index is 0.123. The van der Waals surface area contributed by atoms with Crippen LogP contribution in [0.3, 0.4) is 0 Å². The minimum Gasteiger partial charge on any atom is -0.482 e. The Labute approximate surface area is 206 Å². The average Bonchev–Trinajstić information content (AvgIpc) is 3.09. The number of alkyl halides is 3. The zero-order valence-corrected chi connectivity index (χ0v) is 20.5. The maximum Gasteiger partial charge on any atom is 0.416 e. The van der Waals surface area contributed by atoms with E-state index >= 15 is 0 Å². The van der Waals surface area contributed by atoms with Crippen molar-refractivity contribution < 1.29 is 27.4 Å². The van der Waals surface area contributed by atoms with Crippen LogP contribution in [0.5, 0.6) is 5.75 Å². The number of nitrogens with zero attached hydrogens (tertiary/aromatic N) is 3. The molecule has 6 nitrogen and oxygen atoms in total. The molecule has 1 aromatic heterocycles. The number of fused-ring (bicyclic) bond motifs is 1. The summed E-state index contributed by atoms with van der Waals surface area (Å²) in [4.78, 5) is 20.7. The van der Waals surface area contributed by atoms with Crippen LogP contribution in [0.2, 0.25) is 0 Å². The van der Waals surface area contributed by atoms with Gasteiger partial charge in [0.25, 0.3) is 0 Å². The zero-order valence-electron chi connectivity index (χ0n) is 19.7. The molecule has 1 fully saturated rings. The number of benzene rings is 2. The van der Waals surface area contributed by atoms with Gasteiger partial charge < -0.3 is 14.4 Å². The molecule has 1 aliphatic heterocycles. The normalized spacial score (nSPS) is 15.3. The number of carbonyl (C=O) groups is 1. The lowest BCUT2D eigenvalue weighted by atomic mass is 10.1. The Hall–Kier alpha value is -2.85. The van der Waals surface area contributed by atoms with Gasteiger partial charge in [0.2, 0.25) is 0 Å². The van der Waals surface area contributed by atoms with Gasteiger partial charge >= 0.3 is 12.1 Å². The number of aryl methyl sites for hydroxylation is 1. The molecule has 35 heavy (non-hydrogen) atoms. The van der Waals surface area contributed by atoms with Crippen molar-refractivity contribution >= 4 is 32.7 Å². The predicted octanol–water partition coefficient (Wildman–Crippen LogP) is 5.28. The third kappa shape index (κ3) is 6.64. The molecule has 0 atom stereocenters. The standard InChI is InChI=1S/C25H28F3N3O3S/c1-3-33-23(32)16-34-20-12-17(2)11-18(13-20)15-30-7-4-8-31(10-9-30)24-29-21-6-5-19(25(26,27)28)14-22(21)35-24/h5-6,11-14H,3-4,7-10,15-16H2,1-2H3. The molecular formula is C25H28F3N3O3S. The summed E-state index contributed by atoms with van der Waals surface area (Å²) in [6, 6.07) is 9.65. The SMILES string of the molecule is CCOC(=O)COc1cc(C)cc(CN2CCCN(c3nc4ccc(C(F)(F)F)cc4s3)CC2)c1. The van der Waals surface area contributed by atoms with Crippen LogP contribution in [0.25, 0.3) is 10.2 Å². The predicted molar refractivity (Wildman–Crippen MR) is 130 cm³/mol. The fraction of sp³-hybridized carbons (Fsp3) is 0.440. The molecule has 0 bridgehead atoms. The van der Waals surface area contributed by atoms with Crippen LogP contribution in [-0.2, 0) is 22.3 Å². The topological polar surface area (TPSA) is 54.9 Å². The number of thiazole rings is 1. The second-order valence-electron chi connectivity index (χ2n) is 8.54. The van der Waals surface area contributed by atoms with E-state index in [0.717, 1.165) is 61.5 Å². The third-order valence-corrected chi connectivity index (χ3v) is 6.82. The van der Waals surface area contributed by atoms with Crippen molar-refractivity contribution in [3.8, 4) is 5.75 Å². The fourth-order valence-electron chi connectivity index (χ4n) is 4.15. The van der Waals surface area contributed by atoms with Crippen molar-refractivity contribution in [2.75, 3.05) is 44.3 Å². The summed E-state index contributed by atoms with van der Waals surface area (Å²) in [6.45, 7) is 7.91. The number of rotatable bonds is 7. The van der Waals surface area contributed by atoms with Crippen molar-refractivity contribution in [3.05, 3.63) is 53.1 Å². The molecule has 1 aliphatic rings. The van der Waals surface area contributed by atoms with E-state index in [0.29, 0.717) is 22.6 Å². The van der Waals surface area contributed by atoms with E-state index in [1.807, 2.05) is 19.1 Å². The first-order chi connectivity index (χ1) is 16.7. The van der Waals surface area contributed by atoms with E-state index in [9.17, 15) is 18.0 Å². The van der Waals surface area contributed by atoms with Gasteiger partial charge in [0.05, 0.1) is 22.4 Å². The molecule has 188 valence electrons. The lowest BCUT2D eigenvalue weighted by Gasteiger charge is -2.22. The number of carbonyl (C=O) groups excluding carboxylic acids is 1. The van der Waals surface area contributed by atoms with Crippen molar-refractivity contribution in [1.29, 1.82) is 0 Å². The van der Waals surface area contributed by atoms with Crippen LogP contribution in [-0.4, -0.2) is 55.2 Å². The van der Waals surface area contributed by atoms with E-state index in [1.54, 1.807) is 6.92 Å². The Morgan fingerprint density at radius 1 is 1.11 bits per heavy atom. The number of halogens is 3. The highest BCUT2D eigenvalue weighted by molar-refractivity contribution is 7.22. The van der Waals surface area contributed by atoms with Gasteiger partial charge in [0.15, 0.2) is 11.7 Å². The average molecular weight is 508 g/mol. The highest BCUT2D eigenvalue weighted by Crippen LogP contribution is 2.35. The highest BCUT2D eigenvalue weighted by atomic mass is 32.1. The molecule has 2 aromatic carbocycles. The second-order valence-corrected chi connectivity index (χ2v) is 9.55. The Morgan fingerprint density at radius 2 is 1.94 bits per heavy atom. The number of hydrogen-bond donors (Lipinski definition) is 0. The monoisotopic (exact) mass is 507 g/mol. The van der Waals surface area contributed by atoms with Crippen LogP contribution in [0.1, 0.15) is 30.0 Å². The molecule has 10 heteroatoms. The molecular weight excluding hydrogens is 479 g/mol. The molecule has 2 heterocycles. The summed E-state index contributed by atoms with van der Waals surface area (Å²) in [5, 5.41) is 0.756. The Bertz CT molecular complexity index is 1180. The number of ether oxygens (including phenoxy) is 2. The number of esters is 1. The van der Waals surface area contributed by atoms with Gasteiger partial charge in [-0.15, -0.1) is 0 Å². The van der Waals surface area contributed by atoms with Gasteiger partial charge in [-0.3, -0.25) is 4.90 Å². The summed E-state index contributed by atoms with van der Waals surface area (Å²) in [5.74, 6) is 0.241. The minimum atomic E-state index is -4.36. The van der Waals surface area contributed by atoms with Crippen molar-refractivity contribution in [2.45, 2.75) is 33.0 Å². The molecule has 0 aliphatic carbocycles. The molecule has 0 saturated carbocycles. The maximum absolute atomic E-state index is 13.1. The van der Waals surface area contributed by atoms with Gasteiger partial charge in [0.1, 0.15) is 5.75 Å². The molecule has 0 radical (unpaired) electrons. The largest absolute Gasteiger partial charge is 0.482 e. The molecule has 3 aromatic rings. The molecule has 1 saturated heterocycles. The van der Waals surface area contributed by atoms with Crippen LogP contribution >= 0.6 is 11.3 Å². The first-order valence-corrected chi connectivity index (χ1v) is 12.4. The number of anilines is 1. The van der Waals surface area contributed by atoms with Gasteiger partial charge in [-0.2, -0.15) is 13.2 Å². The van der Waals surface area contributed by atoms with Crippen molar-refractivity contribution in [1.82, 2.24) is 9.88 Å². The Kier molecular flexibility index (Phi) is 7.81. The summed E-state index contributed by atoms with van der Waals surface area (Å²) < 4.78 is 50.2. The van der Waals surface area contributed by atoms with Crippen LogP contribution in [0.15, 0.2) is 36.4 Å². The molecule has 0 unspecified atom stereocenters. The Morgan fingerprint density at radius 3 is 2.71 bits per heavy atom. The summed E-state index contributed by atoms with van der Waals surface area (Å²) in [5.41, 5.74) is 2.09. The molecule has 0 N–H and O–H groups in total. The van der Waals surface area contributed by atoms with Crippen LogP contribution < -0.4 is 9.64 Å². The number of aromatic nitrogens is 1. The first kappa shape index (κ1) is 25.2. The van der Waals surface area contributed by atoms with Crippen LogP contribution in [0, 0.1) is 6.92 Å². The summed E-state index contributed by atoms with van der Waals surface area (Å²) in [7, 11) is 0. The molecule has 0 spiro atoms. The van der Waals surface area contributed by atoms with E-state index in [4.69, 9.17) is 9.47 Å². The van der Waals surface area contributed by atoms with Gasteiger partial charge in [-0.1, -0.05) is 17.4 Å². The van der Waals surface area contributed by atoms with Gasteiger partial charge in [-0.25, -0.2) is 9.78 Å². The highest BCUT2D eigenvalue weighted by Gasteiger charge is 2.31. The maximum atomic E-state index is 13.1. The second kappa shape index (κ2) is 10.8. The lowest BCUT2D eigenvalue weighted by Crippen LogP contribution is -2.30. The van der Waals surface area contributed by atoms with E-state index in [-0.39, 0.29) is 6.61 Å². The smallest absolute Gasteiger partial charge is 0.416 e. The third-order valence-electron chi connectivity index (χ3n) is 5.74. The zero-order chi connectivity index (χ0) is 25.0. The van der Waals surface area contributed by atoms with E-state index in [2.05, 4.69) is 20.9 Å². The quantitative estimate of drug-likeness (QED) is 0.406.